The van der Waals surface area contributed by atoms with Crippen LogP contribution < -0.4 is 5.32 Å². The summed E-state index contributed by atoms with van der Waals surface area (Å²) in [5.41, 5.74) is 1.39. The summed E-state index contributed by atoms with van der Waals surface area (Å²) in [5, 5.41) is 7.73. The van der Waals surface area contributed by atoms with Gasteiger partial charge in [-0.05, 0) is 18.6 Å². The first kappa shape index (κ1) is 13.4. The quantitative estimate of drug-likeness (QED) is 0.781. The minimum atomic E-state index is -0.0543. The molecule has 3 aromatic rings. The van der Waals surface area contributed by atoms with E-state index >= 15 is 0 Å². The first-order valence-electron chi connectivity index (χ1n) is 6.97. The van der Waals surface area contributed by atoms with Gasteiger partial charge >= 0.3 is 0 Å². The van der Waals surface area contributed by atoms with Crippen molar-refractivity contribution in [3.05, 3.63) is 42.1 Å². The Morgan fingerprint density at radius 1 is 1.24 bits per heavy atom. The Labute approximate surface area is 121 Å². The molecule has 0 spiro atoms. The summed E-state index contributed by atoms with van der Waals surface area (Å²) in [6, 6.07) is 11.4. The Kier molecular flexibility index (Phi) is 3.73. The summed E-state index contributed by atoms with van der Waals surface area (Å²) < 4.78 is 11.0. The topological polar surface area (TPSA) is 68.3 Å². The standard InChI is InChI=1S/C16H16N2O3/c1-2-7-17-16(19)10-12-9-15(21-18-12)14-8-11-5-3-4-6-13(11)20-14/h3-6,8-9H,2,7,10H2,1H3,(H,17,19). The molecule has 0 unspecified atom stereocenters. The summed E-state index contributed by atoms with van der Waals surface area (Å²) in [7, 11) is 0. The van der Waals surface area contributed by atoms with E-state index in [2.05, 4.69) is 10.5 Å². The van der Waals surface area contributed by atoms with Crippen LogP contribution in [-0.2, 0) is 11.2 Å². The maximum atomic E-state index is 11.6. The molecule has 0 fully saturated rings. The maximum absolute atomic E-state index is 11.6. The number of hydrogen-bond acceptors (Lipinski definition) is 4. The highest BCUT2D eigenvalue weighted by Crippen LogP contribution is 2.28. The molecule has 1 aromatic carbocycles. The predicted molar refractivity (Wildman–Crippen MR) is 78.7 cm³/mol. The zero-order valence-corrected chi connectivity index (χ0v) is 11.8. The lowest BCUT2D eigenvalue weighted by Gasteiger charge is -1.99. The van der Waals surface area contributed by atoms with Crippen LogP contribution in [0.15, 0.2) is 45.3 Å². The molecule has 0 aliphatic heterocycles. The molecule has 21 heavy (non-hydrogen) atoms. The minimum absolute atomic E-state index is 0.0543. The lowest BCUT2D eigenvalue weighted by Crippen LogP contribution is -2.25. The molecular formula is C16H16N2O3. The summed E-state index contributed by atoms with van der Waals surface area (Å²) in [6.07, 6.45) is 1.12. The summed E-state index contributed by atoms with van der Waals surface area (Å²) in [4.78, 5) is 11.6. The van der Waals surface area contributed by atoms with Gasteiger partial charge in [0.25, 0.3) is 0 Å². The van der Waals surface area contributed by atoms with Gasteiger partial charge in [-0.3, -0.25) is 4.79 Å². The van der Waals surface area contributed by atoms with Crippen LogP contribution in [0.5, 0.6) is 0 Å². The van der Waals surface area contributed by atoms with Crippen molar-refractivity contribution in [1.29, 1.82) is 0 Å². The molecule has 5 heteroatoms. The van der Waals surface area contributed by atoms with Gasteiger partial charge in [-0.15, -0.1) is 0 Å². The fourth-order valence-corrected chi connectivity index (χ4v) is 2.11. The summed E-state index contributed by atoms with van der Waals surface area (Å²) in [5.74, 6) is 1.09. The van der Waals surface area contributed by atoms with Crippen LogP contribution in [0.25, 0.3) is 22.5 Å². The van der Waals surface area contributed by atoms with Gasteiger partial charge in [0.2, 0.25) is 11.7 Å². The third kappa shape index (κ3) is 2.97. The van der Waals surface area contributed by atoms with Gasteiger partial charge < -0.3 is 14.3 Å². The van der Waals surface area contributed by atoms with E-state index in [9.17, 15) is 4.79 Å². The SMILES string of the molecule is CCCNC(=O)Cc1cc(-c2cc3ccccc3o2)on1. The zero-order chi connectivity index (χ0) is 14.7. The molecule has 0 saturated heterocycles. The molecule has 2 heterocycles. The number of carbonyl (C=O) groups is 1. The van der Waals surface area contributed by atoms with E-state index in [1.54, 1.807) is 6.07 Å². The molecular weight excluding hydrogens is 268 g/mol. The molecule has 0 atom stereocenters. The highest BCUT2D eigenvalue weighted by atomic mass is 16.5. The molecule has 1 amide bonds. The third-order valence-corrected chi connectivity index (χ3v) is 3.14. The first-order valence-corrected chi connectivity index (χ1v) is 6.97. The lowest BCUT2D eigenvalue weighted by atomic mass is 10.2. The Balaban J connectivity index is 1.76. The average Bonchev–Trinajstić information content (AvgIpc) is 3.10. The third-order valence-electron chi connectivity index (χ3n) is 3.14. The molecule has 1 N–H and O–H groups in total. The molecule has 0 aliphatic carbocycles. The van der Waals surface area contributed by atoms with Crippen LogP contribution in [0.2, 0.25) is 0 Å². The van der Waals surface area contributed by atoms with Gasteiger partial charge in [0.05, 0.1) is 12.1 Å². The molecule has 0 saturated carbocycles. The number of carbonyl (C=O) groups excluding carboxylic acids is 1. The van der Waals surface area contributed by atoms with Crippen molar-refractivity contribution in [2.24, 2.45) is 0 Å². The van der Waals surface area contributed by atoms with Crippen LogP contribution in [0, 0.1) is 0 Å². The molecule has 2 aromatic heterocycles. The predicted octanol–water partition coefficient (Wildman–Crippen LogP) is 3.16. The van der Waals surface area contributed by atoms with Crippen molar-refractivity contribution in [2.45, 2.75) is 19.8 Å². The van der Waals surface area contributed by atoms with E-state index in [1.165, 1.54) is 0 Å². The number of aromatic nitrogens is 1. The second kappa shape index (κ2) is 5.83. The lowest BCUT2D eigenvalue weighted by molar-refractivity contribution is -0.120. The monoisotopic (exact) mass is 284 g/mol. The van der Waals surface area contributed by atoms with Gasteiger partial charge in [-0.25, -0.2) is 0 Å². The van der Waals surface area contributed by atoms with E-state index in [-0.39, 0.29) is 12.3 Å². The Hall–Kier alpha value is -2.56. The van der Waals surface area contributed by atoms with Crippen molar-refractivity contribution < 1.29 is 13.7 Å². The number of rotatable bonds is 5. The van der Waals surface area contributed by atoms with Crippen LogP contribution in [0.3, 0.4) is 0 Å². The molecule has 0 aliphatic rings. The van der Waals surface area contributed by atoms with Crippen molar-refractivity contribution >= 4 is 16.9 Å². The largest absolute Gasteiger partial charge is 0.453 e. The van der Waals surface area contributed by atoms with Crippen LogP contribution in [0.4, 0.5) is 0 Å². The molecule has 3 rings (SSSR count). The van der Waals surface area contributed by atoms with Crippen LogP contribution >= 0.6 is 0 Å². The minimum Gasteiger partial charge on any atom is -0.453 e. The smallest absolute Gasteiger partial charge is 0.226 e. The Morgan fingerprint density at radius 2 is 2.10 bits per heavy atom. The highest BCUT2D eigenvalue weighted by molar-refractivity contribution is 5.82. The number of nitrogens with one attached hydrogen (secondary N) is 1. The Morgan fingerprint density at radius 3 is 2.90 bits per heavy atom. The maximum Gasteiger partial charge on any atom is 0.226 e. The second-order valence-corrected chi connectivity index (χ2v) is 4.86. The highest BCUT2D eigenvalue weighted by Gasteiger charge is 2.13. The molecule has 108 valence electrons. The van der Waals surface area contributed by atoms with Crippen LogP contribution in [-0.4, -0.2) is 17.6 Å². The number of amides is 1. The second-order valence-electron chi connectivity index (χ2n) is 4.86. The van der Waals surface area contributed by atoms with E-state index in [0.29, 0.717) is 23.8 Å². The van der Waals surface area contributed by atoms with Crippen LogP contribution in [0.1, 0.15) is 19.0 Å². The number of benzene rings is 1. The van der Waals surface area contributed by atoms with Gasteiger partial charge in [0, 0.05) is 18.0 Å². The van der Waals surface area contributed by atoms with E-state index in [0.717, 1.165) is 17.4 Å². The van der Waals surface area contributed by atoms with Crippen molar-refractivity contribution in [2.75, 3.05) is 6.54 Å². The van der Waals surface area contributed by atoms with Crippen molar-refractivity contribution in [1.82, 2.24) is 10.5 Å². The van der Waals surface area contributed by atoms with Gasteiger partial charge in [0.15, 0.2) is 5.76 Å². The summed E-state index contributed by atoms with van der Waals surface area (Å²) in [6.45, 7) is 2.68. The number of para-hydroxylation sites is 1. The van der Waals surface area contributed by atoms with E-state index < -0.39 is 0 Å². The number of furan rings is 1. The van der Waals surface area contributed by atoms with Gasteiger partial charge in [0.1, 0.15) is 5.58 Å². The molecule has 0 radical (unpaired) electrons. The number of nitrogens with zero attached hydrogens (tertiary/aromatic N) is 1. The van der Waals surface area contributed by atoms with Crippen molar-refractivity contribution in [3.63, 3.8) is 0 Å². The molecule has 5 nitrogen and oxygen atoms in total. The Bertz CT molecular complexity index is 725. The zero-order valence-electron chi connectivity index (χ0n) is 11.8. The molecule has 0 bridgehead atoms. The van der Waals surface area contributed by atoms with Gasteiger partial charge in [-0.2, -0.15) is 0 Å². The van der Waals surface area contributed by atoms with E-state index in [4.69, 9.17) is 8.94 Å². The fourth-order valence-electron chi connectivity index (χ4n) is 2.11. The average molecular weight is 284 g/mol. The number of hydrogen-bond donors (Lipinski definition) is 1. The van der Waals surface area contributed by atoms with Crippen molar-refractivity contribution in [3.8, 4) is 11.5 Å². The fraction of sp³-hybridized carbons (Fsp3) is 0.250. The van der Waals surface area contributed by atoms with E-state index in [1.807, 2.05) is 37.3 Å². The van der Waals surface area contributed by atoms with Gasteiger partial charge in [-0.1, -0.05) is 30.3 Å². The number of fused-ring (bicyclic) bond motifs is 1. The first-order chi connectivity index (χ1) is 10.3. The normalized spacial score (nSPS) is 10.9. The summed E-state index contributed by atoms with van der Waals surface area (Å²) >= 11 is 0.